The van der Waals surface area contributed by atoms with Crippen molar-refractivity contribution in [3.63, 3.8) is 0 Å². The van der Waals surface area contributed by atoms with E-state index in [1.165, 1.54) is 0 Å². The van der Waals surface area contributed by atoms with E-state index >= 15 is 8.78 Å². The molecule has 0 spiro atoms. The Kier molecular flexibility index (Phi) is 8.17. The zero-order valence-corrected chi connectivity index (χ0v) is 22.0. The maximum absolute atomic E-state index is 15.1. The van der Waals surface area contributed by atoms with Gasteiger partial charge in [-0.15, -0.1) is 0 Å². The minimum absolute atomic E-state index is 0.0582. The maximum Gasteiger partial charge on any atom is 0.324 e. The Morgan fingerprint density at radius 1 is 1.08 bits per heavy atom. The van der Waals surface area contributed by atoms with Crippen LogP contribution < -0.4 is 10.1 Å². The number of aliphatic hydroxyl groups excluding tert-OH is 1. The van der Waals surface area contributed by atoms with Crippen LogP contribution in [0.5, 0.6) is 5.75 Å². The third kappa shape index (κ3) is 6.63. The van der Waals surface area contributed by atoms with E-state index in [-0.39, 0.29) is 19.1 Å². The van der Waals surface area contributed by atoms with Crippen LogP contribution in [0.1, 0.15) is 49.3 Å². The number of alkyl halides is 2. The Hall–Kier alpha value is -2.74. The summed E-state index contributed by atoms with van der Waals surface area (Å²) in [7, 11) is 0. The number of halogens is 3. The molecule has 1 heterocycles. The fourth-order valence-corrected chi connectivity index (χ4v) is 5.18. The Morgan fingerprint density at radius 3 is 2.53 bits per heavy atom. The molecule has 0 bridgehead atoms. The number of ether oxygens (including phenoxy) is 1. The van der Waals surface area contributed by atoms with Gasteiger partial charge in [0.1, 0.15) is 11.9 Å². The highest BCUT2D eigenvalue weighted by molar-refractivity contribution is 6.32. The average molecular weight is 543 g/mol. The van der Waals surface area contributed by atoms with E-state index in [0.717, 1.165) is 55.1 Å². The zero-order valence-electron chi connectivity index (χ0n) is 21.2. The van der Waals surface area contributed by atoms with Crippen LogP contribution in [0.2, 0.25) is 5.02 Å². The molecule has 3 aromatic rings. The van der Waals surface area contributed by atoms with Gasteiger partial charge in [-0.2, -0.15) is 8.78 Å². The predicted molar refractivity (Wildman–Crippen MR) is 145 cm³/mol. The number of rotatable bonds is 11. The quantitative estimate of drug-likeness (QED) is 0.316. The number of carbonyl (C=O) groups excluding carboxylic acids is 1. The van der Waals surface area contributed by atoms with Gasteiger partial charge in [-0.05, 0) is 79.2 Å². The largest absolute Gasteiger partial charge is 0.489 e. The van der Waals surface area contributed by atoms with E-state index in [1.807, 2.05) is 42.5 Å². The molecule has 5 nitrogen and oxygen atoms in total. The number of hydrogen-bond donors (Lipinski definition) is 2. The second-order valence-corrected chi connectivity index (χ2v) is 10.8. The molecule has 1 amide bonds. The van der Waals surface area contributed by atoms with Crippen molar-refractivity contribution in [2.75, 3.05) is 19.6 Å². The lowest BCUT2D eigenvalue weighted by Crippen LogP contribution is -2.51. The molecule has 1 saturated carbocycles. The van der Waals surface area contributed by atoms with Gasteiger partial charge in [0.2, 0.25) is 0 Å². The number of nitrogens with one attached hydrogen (secondary N) is 1. The summed E-state index contributed by atoms with van der Waals surface area (Å²) in [6, 6.07) is 17.4. The molecule has 1 aliphatic carbocycles. The first kappa shape index (κ1) is 26.9. The topological polar surface area (TPSA) is 61.8 Å². The molecule has 1 aliphatic heterocycles. The smallest absolute Gasteiger partial charge is 0.324 e. The van der Waals surface area contributed by atoms with Gasteiger partial charge in [-0.25, -0.2) is 0 Å². The molecular formula is C30H33ClF2N2O3. The number of hydrogen-bond acceptors (Lipinski definition) is 4. The highest BCUT2D eigenvalue weighted by atomic mass is 35.5. The van der Waals surface area contributed by atoms with Crippen molar-refractivity contribution >= 4 is 28.3 Å². The fraction of sp³-hybridized carbons (Fsp3) is 0.433. The Labute approximate surface area is 226 Å². The van der Waals surface area contributed by atoms with Crippen molar-refractivity contribution in [1.82, 2.24) is 10.2 Å². The highest BCUT2D eigenvalue weighted by Crippen LogP contribution is 2.34. The number of amides is 1. The van der Waals surface area contributed by atoms with Crippen LogP contribution in [-0.2, 0) is 11.2 Å². The molecule has 8 heteroatoms. The molecule has 5 rings (SSSR count). The summed E-state index contributed by atoms with van der Waals surface area (Å²) in [5.74, 6) is -4.43. The van der Waals surface area contributed by atoms with E-state index in [2.05, 4.69) is 10.2 Å². The molecule has 0 unspecified atom stereocenters. The number of fused-ring (bicyclic) bond motifs is 1. The highest BCUT2D eigenvalue weighted by Gasteiger charge is 2.41. The summed E-state index contributed by atoms with van der Waals surface area (Å²) in [5, 5.41) is 16.0. The standard InChI is InChI=1S/C30H33ClF2N2O3/c31-25-18-23(9-12-27(25)38-24-10-11-24)28(36)26(19-35-15-3-4-16-35)34-29(37)30(32,33)14-13-20-7-8-21-5-1-2-6-22(21)17-20/h1-2,5-9,12,17-18,24,26,28,36H,3-4,10-11,13-16,19H2,(H,34,37)/t26-,28-/m1/s1. The van der Waals surface area contributed by atoms with E-state index in [1.54, 1.807) is 18.2 Å². The van der Waals surface area contributed by atoms with Crippen LogP contribution in [0, 0.1) is 0 Å². The second-order valence-electron chi connectivity index (χ2n) is 10.4. The van der Waals surface area contributed by atoms with Crippen LogP contribution in [0.4, 0.5) is 8.78 Å². The van der Waals surface area contributed by atoms with Gasteiger partial charge < -0.3 is 20.1 Å². The maximum atomic E-state index is 15.1. The summed E-state index contributed by atoms with van der Waals surface area (Å²) >= 11 is 6.38. The first-order chi connectivity index (χ1) is 18.3. The van der Waals surface area contributed by atoms with Gasteiger partial charge in [0.05, 0.1) is 17.2 Å². The molecule has 2 fully saturated rings. The molecule has 3 aromatic carbocycles. The zero-order chi connectivity index (χ0) is 26.7. The van der Waals surface area contributed by atoms with Crippen LogP contribution in [0.15, 0.2) is 60.7 Å². The van der Waals surface area contributed by atoms with E-state index < -0.39 is 30.4 Å². The second kappa shape index (κ2) is 11.6. The summed E-state index contributed by atoms with van der Waals surface area (Å²) in [6.45, 7) is 1.87. The molecule has 0 radical (unpaired) electrons. The number of aliphatic hydroxyl groups is 1. The van der Waals surface area contributed by atoms with Crippen LogP contribution in [-0.4, -0.2) is 53.6 Å². The SMILES string of the molecule is O=C(N[C@H](CN1CCCC1)[C@H](O)c1ccc(OC2CC2)c(Cl)c1)C(F)(F)CCc1ccc2ccccc2c1. The summed E-state index contributed by atoms with van der Waals surface area (Å²) in [5.41, 5.74) is 1.19. The molecular weight excluding hydrogens is 510 g/mol. The molecule has 1 saturated heterocycles. The lowest BCUT2D eigenvalue weighted by Gasteiger charge is -2.30. The Balaban J connectivity index is 1.27. The number of nitrogens with zero attached hydrogens (tertiary/aromatic N) is 1. The Bertz CT molecular complexity index is 1280. The number of benzene rings is 3. The average Bonchev–Trinajstić information content (AvgIpc) is 3.59. The molecule has 2 aliphatic rings. The first-order valence-corrected chi connectivity index (χ1v) is 13.7. The van der Waals surface area contributed by atoms with Gasteiger partial charge >= 0.3 is 5.92 Å². The lowest BCUT2D eigenvalue weighted by molar-refractivity contribution is -0.148. The van der Waals surface area contributed by atoms with E-state index in [9.17, 15) is 9.90 Å². The van der Waals surface area contributed by atoms with Gasteiger partial charge in [0, 0.05) is 13.0 Å². The van der Waals surface area contributed by atoms with Crippen molar-refractivity contribution in [3.8, 4) is 5.75 Å². The molecule has 2 atom stereocenters. The first-order valence-electron chi connectivity index (χ1n) is 13.3. The van der Waals surface area contributed by atoms with Gasteiger partial charge in [0.25, 0.3) is 5.91 Å². The minimum Gasteiger partial charge on any atom is -0.489 e. The monoisotopic (exact) mass is 542 g/mol. The van der Waals surface area contributed by atoms with Crippen molar-refractivity contribution in [1.29, 1.82) is 0 Å². The Morgan fingerprint density at radius 2 is 1.82 bits per heavy atom. The van der Waals surface area contributed by atoms with Crippen molar-refractivity contribution in [3.05, 3.63) is 76.8 Å². The third-order valence-electron chi connectivity index (χ3n) is 7.34. The molecule has 2 N–H and O–H groups in total. The lowest BCUT2D eigenvalue weighted by atomic mass is 9.99. The van der Waals surface area contributed by atoms with Crippen molar-refractivity contribution in [2.45, 2.75) is 62.7 Å². The molecule has 38 heavy (non-hydrogen) atoms. The summed E-state index contributed by atoms with van der Waals surface area (Å²) in [4.78, 5) is 14.9. The van der Waals surface area contributed by atoms with Crippen LogP contribution >= 0.6 is 11.6 Å². The normalized spacial score (nSPS) is 17.9. The number of likely N-dealkylation sites (tertiary alicyclic amines) is 1. The summed E-state index contributed by atoms with van der Waals surface area (Å²) < 4.78 is 35.9. The van der Waals surface area contributed by atoms with Crippen molar-refractivity contribution in [2.24, 2.45) is 0 Å². The minimum atomic E-state index is -3.59. The van der Waals surface area contributed by atoms with Crippen LogP contribution in [0.3, 0.4) is 0 Å². The van der Waals surface area contributed by atoms with Gasteiger partial charge in [-0.3, -0.25) is 4.79 Å². The van der Waals surface area contributed by atoms with E-state index in [4.69, 9.17) is 16.3 Å². The number of carbonyl (C=O) groups is 1. The third-order valence-corrected chi connectivity index (χ3v) is 7.64. The molecule has 0 aromatic heterocycles. The summed E-state index contributed by atoms with van der Waals surface area (Å²) in [6.07, 6.45) is 2.37. The van der Waals surface area contributed by atoms with Crippen molar-refractivity contribution < 1.29 is 23.4 Å². The van der Waals surface area contributed by atoms with Crippen LogP contribution in [0.25, 0.3) is 10.8 Å². The predicted octanol–water partition coefficient (Wildman–Crippen LogP) is 5.92. The van der Waals surface area contributed by atoms with E-state index in [0.29, 0.717) is 16.3 Å². The molecule has 202 valence electrons. The number of aryl methyl sites for hydroxylation is 1. The van der Waals surface area contributed by atoms with Gasteiger partial charge in [0.15, 0.2) is 0 Å². The fourth-order valence-electron chi connectivity index (χ4n) is 4.95. The van der Waals surface area contributed by atoms with Gasteiger partial charge in [-0.1, -0.05) is 60.1 Å².